The summed E-state index contributed by atoms with van der Waals surface area (Å²) in [6.45, 7) is 0.171. The normalized spacial score (nSPS) is 11.4. The Balaban J connectivity index is 2.55. The first-order chi connectivity index (χ1) is 6.88. The van der Waals surface area contributed by atoms with Crippen molar-refractivity contribution in [2.24, 2.45) is 0 Å². The van der Waals surface area contributed by atoms with Crippen LogP contribution in [-0.4, -0.2) is 27.0 Å². The zero-order valence-corrected chi connectivity index (χ0v) is 8.94. The first-order valence-electron chi connectivity index (χ1n) is 4.25. The summed E-state index contributed by atoms with van der Waals surface area (Å²) in [5.41, 5.74) is 0.359. The summed E-state index contributed by atoms with van der Waals surface area (Å²) in [4.78, 5) is 0. The van der Waals surface area contributed by atoms with Crippen LogP contribution in [0.25, 0.3) is 0 Å². The van der Waals surface area contributed by atoms with Crippen LogP contribution < -0.4 is 5.32 Å². The van der Waals surface area contributed by atoms with Crippen molar-refractivity contribution in [3.05, 3.63) is 29.8 Å². The van der Waals surface area contributed by atoms with Crippen LogP contribution in [0, 0.1) is 11.6 Å². The van der Waals surface area contributed by atoms with E-state index in [9.17, 15) is 17.2 Å². The average Bonchev–Trinajstić information content (AvgIpc) is 2.09. The van der Waals surface area contributed by atoms with Crippen molar-refractivity contribution >= 4 is 15.5 Å². The lowest BCUT2D eigenvalue weighted by Crippen LogP contribution is -2.14. The Morgan fingerprint density at radius 1 is 1.27 bits per heavy atom. The summed E-state index contributed by atoms with van der Waals surface area (Å²) >= 11 is 0. The minimum Gasteiger partial charge on any atom is -0.384 e. The van der Waals surface area contributed by atoms with Gasteiger partial charge in [0.2, 0.25) is 0 Å². The minimum atomic E-state index is -3.04. The molecule has 0 fully saturated rings. The Labute approximate surface area is 87.0 Å². The number of benzene rings is 1. The van der Waals surface area contributed by atoms with Crippen LogP contribution in [0.1, 0.15) is 0 Å². The maximum atomic E-state index is 12.7. The molecule has 0 unspecified atom stereocenters. The van der Waals surface area contributed by atoms with Gasteiger partial charge in [-0.15, -0.1) is 0 Å². The van der Waals surface area contributed by atoms with Gasteiger partial charge in [0, 0.05) is 18.5 Å². The molecule has 1 rings (SSSR count). The van der Waals surface area contributed by atoms with Gasteiger partial charge in [-0.05, 0) is 18.2 Å². The van der Waals surface area contributed by atoms with E-state index in [1.807, 2.05) is 0 Å². The molecule has 0 radical (unpaired) electrons. The van der Waals surface area contributed by atoms with Crippen molar-refractivity contribution in [3.8, 4) is 0 Å². The van der Waals surface area contributed by atoms with Crippen LogP contribution >= 0.6 is 0 Å². The molecule has 1 aromatic carbocycles. The highest BCUT2D eigenvalue weighted by Gasteiger charge is 2.04. The summed E-state index contributed by atoms with van der Waals surface area (Å²) in [5.74, 6) is -1.94. The average molecular weight is 235 g/mol. The first kappa shape index (κ1) is 11.9. The van der Waals surface area contributed by atoms with Gasteiger partial charge in [-0.25, -0.2) is 17.2 Å². The van der Waals surface area contributed by atoms with Crippen LogP contribution in [0.15, 0.2) is 18.2 Å². The summed E-state index contributed by atoms with van der Waals surface area (Å²) in [6, 6.07) is 3.32. The Bertz CT molecular complexity index is 445. The second-order valence-electron chi connectivity index (χ2n) is 3.19. The van der Waals surface area contributed by atoms with Crippen molar-refractivity contribution in [1.29, 1.82) is 0 Å². The van der Waals surface area contributed by atoms with Gasteiger partial charge in [0.1, 0.15) is 9.84 Å². The van der Waals surface area contributed by atoms with Gasteiger partial charge in [-0.1, -0.05) is 0 Å². The Kier molecular flexibility index (Phi) is 3.62. The monoisotopic (exact) mass is 235 g/mol. The van der Waals surface area contributed by atoms with Crippen LogP contribution in [0.3, 0.4) is 0 Å². The largest absolute Gasteiger partial charge is 0.384 e. The summed E-state index contributed by atoms with van der Waals surface area (Å²) in [7, 11) is -3.04. The smallest absolute Gasteiger partial charge is 0.160 e. The van der Waals surface area contributed by atoms with E-state index in [2.05, 4.69) is 5.32 Å². The summed E-state index contributed by atoms with van der Waals surface area (Å²) in [5, 5.41) is 2.68. The van der Waals surface area contributed by atoms with Gasteiger partial charge in [-0.3, -0.25) is 0 Å². The van der Waals surface area contributed by atoms with Gasteiger partial charge in [0.05, 0.1) is 5.75 Å². The topological polar surface area (TPSA) is 46.2 Å². The van der Waals surface area contributed by atoms with Crippen LogP contribution in [0.4, 0.5) is 14.5 Å². The number of rotatable bonds is 4. The molecule has 6 heteroatoms. The second-order valence-corrected chi connectivity index (χ2v) is 5.45. The molecule has 0 saturated carbocycles. The number of halogens is 2. The molecule has 1 N–H and O–H groups in total. The highest BCUT2D eigenvalue weighted by atomic mass is 32.2. The fourth-order valence-electron chi connectivity index (χ4n) is 0.987. The molecule has 0 aliphatic heterocycles. The van der Waals surface area contributed by atoms with Gasteiger partial charge in [0.15, 0.2) is 11.6 Å². The predicted molar refractivity (Wildman–Crippen MR) is 54.6 cm³/mol. The molecule has 1 aromatic rings. The number of anilines is 1. The SMILES string of the molecule is CS(=O)(=O)CCNc1ccc(F)c(F)c1. The lowest BCUT2D eigenvalue weighted by atomic mass is 10.3. The predicted octanol–water partition coefficient (Wildman–Crippen LogP) is 1.42. The van der Waals surface area contributed by atoms with Gasteiger partial charge in [-0.2, -0.15) is 0 Å². The standard InChI is InChI=1S/C9H11F2NO2S/c1-15(13,14)5-4-12-7-2-3-8(10)9(11)6-7/h2-3,6,12H,4-5H2,1H3. The molecule has 15 heavy (non-hydrogen) atoms. The molecule has 0 aromatic heterocycles. The molecular weight excluding hydrogens is 224 g/mol. The van der Waals surface area contributed by atoms with Gasteiger partial charge < -0.3 is 5.32 Å². The summed E-state index contributed by atoms with van der Waals surface area (Å²) in [6.07, 6.45) is 1.11. The highest BCUT2D eigenvalue weighted by Crippen LogP contribution is 2.12. The van der Waals surface area contributed by atoms with Crippen molar-refractivity contribution in [1.82, 2.24) is 0 Å². The van der Waals surface area contributed by atoms with E-state index in [-0.39, 0.29) is 12.3 Å². The fraction of sp³-hybridized carbons (Fsp3) is 0.333. The minimum absolute atomic E-state index is 0.0496. The molecular formula is C9H11F2NO2S. The molecule has 0 heterocycles. The van der Waals surface area contributed by atoms with Crippen molar-refractivity contribution < 1.29 is 17.2 Å². The second kappa shape index (κ2) is 4.57. The van der Waals surface area contributed by atoms with Crippen LogP contribution in [-0.2, 0) is 9.84 Å². The number of hydrogen-bond donors (Lipinski definition) is 1. The molecule has 84 valence electrons. The van der Waals surface area contributed by atoms with Crippen molar-refractivity contribution in [2.75, 3.05) is 23.9 Å². The number of hydrogen-bond acceptors (Lipinski definition) is 3. The number of sulfone groups is 1. The van der Waals surface area contributed by atoms with E-state index in [1.165, 1.54) is 6.07 Å². The van der Waals surface area contributed by atoms with E-state index in [0.717, 1.165) is 18.4 Å². The molecule has 0 saturated heterocycles. The fourth-order valence-corrected chi connectivity index (χ4v) is 1.46. The highest BCUT2D eigenvalue weighted by molar-refractivity contribution is 7.90. The summed E-state index contributed by atoms with van der Waals surface area (Å²) < 4.78 is 46.8. The van der Waals surface area contributed by atoms with E-state index in [4.69, 9.17) is 0 Å². The quantitative estimate of drug-likeness (QED) is 0.858. The molecule has 0 bridgehead atoms. The molecule has 0 amide bonds. The van der Waals surface area contributed by atoms with Gasteiger partial charge >= 0.3 is 0 Å². The Hall–Kier alpha value is -1.17. The first-order valence-corrected chi connectivity index (χ1v) is 6.31. The van der Waals surface area contributed by atoms with Crippen molar-refractivity contribution in [3.63, 3.8) is 0 Å². The molecule has 0 atom stereocenters. The third kappa shape index (κ3) is 4.24. The lowest BCUT2D eigenvalue weighted by molar-refractivity contribution is 0.509. The van der Waals surface area contributed by atoms with E-state index >= 15 is 0 Å². The van der Waals surface area contributed by atoms with E-state index < -0.39 is 21.5 Å². The van der Waals surface area contributed by atoms with Gasteiger partial charge in [0.25, 0.3) is 0 Å². The number of nitrogens with one attached hydrogen (secondary N) is 1. The Morgan fingerprint density at radius 3 is 2.47 bits per heavy atom. The zero-order valence-electron chi connectivity index (χ0n) is 8.13. The zero-order chi connectivity index (χ0) is 11.5. The Morgan fingerprint density at radius 2 is 1.93 bits per heavy atom. The van der Waals surface area contributed by atoms with Crippen LogP contribution in [0.2, 0.25) is 0 Å². The molecule has 0 spiro atoms. The van der Waals surface area contributed by atoms with E-state index in [0.29, 0.717) is 5.69 Å². The maximum absolute atomic E-state index is 12.7. The third-order valence-corrected chi connectivity index (χ3v) is 2.67. The maximum Gasteiger partial charge on any atom is 0.160 e. The molecule has 0 aliphatic rings. The van der Waals surface area contributed by atoms with E-state index in [1.54, 1.807) is 0 Å². The molecule has 3 nitrogen and oxygen atoms in total. The molecule has 0 aliphatic carbocycles. The third-order valence-electron chi connectivity index (χ3n) is 1.72. The van der Waals surface area contributed by atoms with Crippen molar-refractivity contribution in [2.45, 2.75) is 0 Å². The van der Waals surface area contributed by atoms with Crippen LogP contribution in [0.5, 0.6) is 0 Å². The lowest BCUT2D eigenvalue weighted by Gasteiger charge is -2.05.